The lowest BCUT2D eigenvalue weighted by Crippen LogP contribution is -2.06. The van der Waals surface area contributed by atoms with Crippen LogP contribution < -0.4 is 0 Å². The molecule has 0 unspecified atom stereocenters. The molecule has 0 bridgehead atoms. The van der Waals surface area contributed by atoms with E-state index in [9.17, 15) is 0 Å². The van der Waals surface area contributed by atoms with E-state index < -0.39 is 0 Å². The van der Waals surface area contributed by atoms with Crippen molar-refractivity contribution in [2.24, 2.45) is 10.9 Å². The lowest BCUT2D eigenvalue weighted by Gasteiger charge is -2.02. The lowest BCUT2D eigenvalue weighted by atomic mass is 10.1. The van der Waals surface area contributed by atoms with Crippen LogP contribution in [0.5, 0.6) is 0 Å². The molecular formula is C7H13NO. The SMILES string of the molecule is COC1=N[C@@H](C)C[C@H]1C. The highest BCUT2D eigenvalue weighted by Crippen LogP contribution is 2.19. The Morgan fingerprint density at radius 1 is 1.56 bits per heavy atom. The molecule has 0 aromatic carbocycles. The number of hydrogen-bond acceptors (Lipinski definition) is 2. The standard InChI is InChI=1S/C7H13NO/c1-5-4-6(2)8-7(5)9-3/h5-6H,4H2,1-3H3/t5-,6+/m1/s1. The third-order valence-corrected chi connectivity index (χ3v) is 1.67. The highest BCUT2D eigenvalue weighted by molar-refractivity contribution is 5.80. The Morgan fingerprint density at radius 2 is 2.22 bits per heavy atom. The van der Waals surface area contributed by atoms with Gasteiger partial charge < -0.3 is 4.74 Å². The number of aliphatic imine (C=N–C) groups is 1. The molecule has 2 atom stereocenters. The van der Waals surface area contributed by atoms with Crippen LogP contribution in [0.2, 0.25) is 0 Å². The first kappa shape index (κ1) is 6.59. The summed E-state index contributed by atoms with van der Waals surface area (Å²) >= 11 is 0. The van der Waals surface area contributed by atoms with Gasteiger partial charge in [0, 0.05) is 5.92 Å². The van der Waals surface area contributed by atoms with Crippen molar-refractivity contribution >= 4 is 5.90 Å². The number of methoxy groups -OCH3 is 1. The predicted octanol–water partition coefficient (Wildman–Crippen LogP) is 1.46. The fourth-order valence-corrected chi connectivity index (χ4v) is 1.26. The van der Waals surface area contributed by atoms with E-state index in [1.54, 1.807) is 7.11 Å². The summed E-state index contributed by atoms with van der Waals surface area (Å²) in [6, 6.07) is 0.468. The second-order valence-corrected chi connectivity index (χ2v) is 2.66. The smallest absolute Gasteiger partial charge is 0.186 e. The van der Waals surface area contributed by atoms with Crippen molar-refractivity contribution < 1.29 is 4.74 Å². The number of nitrogens with zero attached hydrogens (tertiary/aromatic N) is 1. The van der Waals surface area contributed by atoms with Gasteiger partial charge in [-0.05, 0) is 13.3 Å². The summed E-state index contributed by atoms with van der Waals surface area (Å²) in [5.41, 5.74) is 0. The van der Waals surface area contributed by atoms with Crippen molar-refractivity contribution in [3.05, 3.63) is 0 Å². The van der Waals surface area contributed by atoms with Crippen LogP contribution in [0.15, 0.2) is 4.99 Å². The molecule has 2 nitrogen and oxygen atoms in total. The van der Waals surface area contributed by atoms with Crippen molar-refractivity contribution in [2.75, 3.05) is 7.11 Å². The number of rotatable bonds is 0. The van der Waals surface area contributed by atoms with Crippen LogP contribution in [0.25, 0.3) is 0 Å². The van der Waals surface area contributed by atoms with Crippen LogP contribution in [-0.2, 0) is 4.74 Å². The Hall–Kier alpha value is -0.530. The second kappa shape index (κ2) is 2.38. The molecule has 0 aromatic rings. The first-order valence-corrected chi connectivity index (χ1v) is 3.35. The molecule has 0 amide bonds. The minimum absolute atomic E-state index is 0.468. The minimum Gasteiger partial charge on any atom is -0.484 e. The normalized spacial score (nSPS) is 34.3. The zero-order chi connectivity index (χ0) is 6.85. The van der Waals surface area contributed by atoms with Gasteiger partial charge in [-0.15, -0.1) is 0 Å². The Kier molecular flexibility index (Phi) is 1.74. The first-order chi connectivity index (χ1) is 4.24. The summed E-state index contributed by atoms with van der Waals surface area (Å²) in [5, 5.41) is 0. The Balaban J connectivity index is 2.57. The van der Waals surface area contributed by atoms with E-state index in [1.807, 2.05) is 0 Å². The summed E-state index contributed by atoms with van der Waals surface area (Å²) in [5.74, 6) is 1.45. The average molecular weight is 127 g/mol. The fraction of sp³-hybridized carbons (Fsp3) is 0.857. The van der Waals surface area contributed by atoms with E-state index in [4.69, 9.17) is 4.74 Å². The van der Waals surface area contributed by atoms with Gasteiger partial charge in [0.25, 0.3) is 0 Å². The molecule has 0 spiro atoms. The van der Waals surface area contributed by atoms with Gasteiger partial charge in [-0.3, -0.25) is 4.99 Å². The van der Waals surface area contributed by atoms with Crippen molar-refractivity contribution in [3.8, 4) is 0 Å². The Labute approximate surface area is 55.9 Å². The quantitative estimate of drug-likeness (QED) is 0.482. The summed E-state index contributed by atoms with van der Waals surface area (Å²) in [4.78, 5) is 4.28. The molecule has 1 heterocycles. The second-order valence-electron chi connectivity index (χ2n) is 2.66. The molecular weight excluding hydrogens is 114 g/mol. The Bertz CT molecular complexity index is 131. The van der Waals surface area contributed by atoms with E-state index in [0.717, 1.165) is 12.3 Å². The van der Waals surface area contributed by atoms with Crippen molar-refractivity contribution in [1.82, 2.24) is 0 Å². The molecule has 0 saturated heterocycles. The third-order valence-electron chi connectivity index (χ3n) is 1.67. The number of ether oxygens (including phenoxy) is 1. The summed E-state index contributed by atoms with van der Waals surface area (Å²) in [6.45, 7) is 4.26. The molecule has 52 valence electrons. The zero-order valence-corrected chi connectivity index (χ0v) is 6.22. The van der Waals surface area contributed by atoms with Gasteiger partial charge in [0.2, 0.25) is 0 Å². The average Bonchev–Trinajstić information content (AvgIpc) is 2.10. The molecule has 1 rings (SSSR count). The van der Waals surface area contributed by atoms with Crippen molar-refractivity contribution in [2.45, 2.75) is 26.3 Å². The molecule has 0 aliphatic carbocycles. The maximum atomic E-state index is 5.04. The van der Waals surface area contributed by atoms with Gasteiger partial charge in [-0.25, -0.2) is 0 Å². The summed E-state index contributed by atoms with van der Waals surface area (Å²) in [7, 11) is 1.69. The third kappa shape index (κ3) is 1.23. The van der Waals surface area contributed by atoms with Crippen LogP contribution in [-0.4, -0.2) is 19.0 Å². The monoisotopic (exact) mass is 127 g/mol. The highest BCUT2D eigenvalue weighted by Gasteiger charge is 2.21. The summed E-state index contributed by atoms with van der Waals surface area (Å²) in [6.07, 6.45) is 1.14. The van der Waals surface area contributed by atoms with Gasteiger partial charge >= 0.3 is 0 Å². The Morgan fingerprint density at radius 3 is 2.44 bits per heavy atom. The van der Waals surface area contributed by atoms with E-state index >= 15 is 0 Å². The minimum atomic E-state index is 0.468. The first-order valence-electron chi connectivity index (χ1n) is 3.35. The van der Waals surface area contributed by atoms with Crippen LogP contribution in [0.1, 0.15) is 20.3 Å². The number of hydrogen-bond donors (Lipinski definition) is 0. The van der Waals surface area contributed by atoms with E-state index in [2.05, 4.69) is 18.8 Å². The lowest BCUT2D eigenvalue weighted by molar-refractivity contribution is 0.377. The molecule has 9 heavy (non-hydrogen) atoms. The fourth-order valence-electron chi connectivity index (χ4n) is 1.26. The molecule has 0 fully saturated rings. The van der Waals surface area contributed by atoms with Gasteiger partial charge in [0.1, 0.15) is 0 Å². The van der Waals surface area contributed by atoms with Gasteiger partial charge in [0.05, 0.1) is 13.2 Å². The van der Waals surface area contributed by atoms with Gasteiger partial charge in [-0.1, -0.05) is 6.92 Å². The van der Waals surface area contributed by atoms with Crippen LogP contribution in [0, 0.1) is 5.92 Å². The van der Waals surface area contributed by atoms with Gasteiger partial charge in [-0.2, -0.15) is 0 Å². The van der Waals surface area contributed by atoms with Crippen LogP contribution in [0.3, 0.4) is 0 Å². The van der Waals surface area contributed by atoms with E-state index in [-0.39, 0.29) is 0 Å². The van der Waals surface area contributed by atoms with Crippen LogP contribution in [0.4, 0.5) is 0 Å². The molecule has 1 aliphatic heterocycles. The molecule has 0 aromatic heterocycles. The van der Waals surface area contributed by atoms with E-state index in [1.165, 1.54) is 0 Å². The molecule has 0 saturated carbocycles. The van der Waals surface area contributed by atoms with Crippen LogP contribution >= 0.6 is 0 Å². The topological polar surface area (TPSA) is 21.6 Å². The zero-order valence-electron chi connectivity index (χ0n) is 6.22. The van der Waals surface area contributed by atoms with Gasteiger partial charge in [0.15, 0.2) is 5.90 Å². The predicted molar refractivity (Wildman–Crippen MR) is 37.7 cm³/mol. The molecule has 2 heteroatoms. The van der Waals surface area contributed by atoms with Crippen molar-refractivity contribution in [1.29, 1.82) is 0 Å². The summed E-state index contributed by atoms with van der Waals surface area (Å²) < 4.78 is 5.04. The molecule has 0 N–H and O–H groups in total. The highest BCUT2D eigenvalue weighted by atomic mass is 16.5. The largest absolute Gasteiger partial charge is 0.484 e. The maximum Gasteiger partial charge on any atom is 0.186 e. The van der Waals surface area contributed by atoms with Crippen molar-refractivity contribution in [3.63, 3.8) is 0 Å². The van der Waals surface area contributed by atoms with E-state index in [0.29, 0.717) is 12.0 Å². The maximum absolute atomic E-state index is 5.04. The molecule has 1 aliphatic rings. The molecule has 0 radical (unpaired) electrons.